The van der Waals surface area contributed by atoms with Crippen molar-refractivity contribution in [2.45, 2.75) is 77.0 Å². The average molecular weight is 2260 g/mol. The van der Waals surface area contributed by atoms with E-state index in [0.29, 0.717) is 0 Å². The molecule has 18 aromatic rings. The molecule has 0 heterocycles. The number of hydrogen-bond acceptors (Lipinski definition) is 0. The molecule has 0 aliphatic heterocycles. The standard InChI is InChI=1S/2C25H19Br.C21H17Br.C18H13I.C15H12BrI.C12H8BrI/c1-25(2)23-14-17(20-9-5-7-16-6-3-4-8-19(16)20)10-12-21(23)22-13-11-18(26)15-24(22)25;1-25(2)23-14-19(18-8-7-16-5-3-4-6-17(16)13-18)9-11-21(23)22-12-10-20(26)15-24(22)25;1-21(2)19-12-15(14-6-4-3-5-7-14)8-10-17(19)18-11-9-16(22)13-20(18)21;19-18-11-9-15(10-12-18)17-8-4-7-16(13-17)14-5-2-1-3-6-14;1-15(2)13-7-9(16)3-5-11(13)12-6-4-10(17)8-14(12)15;13-11-5-1-9(2-6-11)10-3-7-12(14)8-4-10/h2*3-15H,1-2H3;3-13H,1-2H3;1-13H;3-8H,1-2H3;1-8H. The zero-order valence-corrected chi connectivity index (χ0v) is 84.4. The summed E-state index contributed by atoms with van der Waals surface area (Å²) in [6, 6.07) is 140. The van der Waals surface area contributed by atoms with Crippen LogP contribution in [0.2, 0.25) is 0 Å². The SMILES string of the molecule is Brc1ccc(-c2ccc(I)cc2)cc1.CC1(C)c2cc(Br)ccc2-c2ccc(-c3ccc4ccccc4c3)cc21.CC1(C)c2cc(Br)ccc2-c2ccc(-c3cccc4ccccc34)cc21.CC1(C)c2cc(Br)ccc2-c2ccc(-c3ccccc3)cc21.CC1(C)c2cc(Br)ccc2-c2ccc(I)cc21.Ic1ccc(-c2cccc(-c3ccccc3)c2)cc1. The van der Waals surface area contributed by atoms with E-state index in [1.807, 2.05) is 6.07 Å². The lowest BCUT2D eigenvalue weighted by molar-refractivity contribution is 0.659. The molecule has 124 heavy (non-hydrogen) atoms. The van der Waals surface area contributed by atoms with Crippen molar-refractivity contribution >= 4 is 169 Å². The Morgan fingerprint density at radius 3 is 0.863 bits per heavy atom. The van der Waals surface area contributed by atoms with Gasteiger partial charge in [-0.2, -0.15) is 0 Å². The van der Waals surface area contributed by atoms with Crippen molar-refractivity contribution in [3.63, 3.8) is 0 Å². The predicted octanol–water partition coefficient (Wildman–Crippen LogP) is 37.3. The van der Waals surface area contributed by atoms with Crippen molar-refractivity contribution in [1.82, 2.24) is 0 Å². The molecule has 0 N–H and O–H groups in total. The Hall–Kier alpha value is -8.93. The minimum Gasteiger partial charge on any atom is -0.0622 e. The summed E-state index contributed by atoms with van der Waals surface area (Å²) in [5.74, 6) is 0. The van der Waals surface area contributed by atoms with Gasteiger partial charge in [0.15, 0.2) is 0 Å². The fourth-order valence-corrected chi connectivity index (χ4v) is 21.2. The molecule has 0 spiro atoms. The summed E-state index contributed by atoms with van der Waals surface area (Å²) in [6.45, 7) is 18.6. The van der Waals surface area contributed by atoms with Gasteiger partial charge in [-0.25, -0.2) is 0 Å². The van der Waals surface area contributed by atoms with Gasteiger partial charge >= 0.3 is 0 Å². The minimum atomic E-state index is 0.00897. The van der Waals surface area contributed by atoms with E-state index < -0.39 is 0 Å². The molecule has 0 unspecified atom stereocenters. The lowest BCUT2D eigenvalue weighted by atomic mass is 9.81. The third-order valence-corrected chi connectivity index (χ3v) is 29.6. The van der Waals surface area contributed by atoms with E-state index in [2.05, 4.69) is 585 Å². The van der Waals surface area contributed by atoms with Crippen molar-refractivity contribution in [3.8, 4) is 111 Å². The molecule has 0 saturated heterocycles. The summed E-state index contributed by atoms with van der Waals surface area (Å²) in [4.78, 5) is 0. The van der Waals surface area contributed by atoms with Gasteiger partial charge in [-0.05, 0) is 372 Å². The number of rotatable bonds is 6. The third kappa shape index (κ3) is 18.1. The summed E-state index contributed by atoms with van der Waals surface area (Å²) in [7, 11) is 0. The molecule has 18 aromatic carbocycles. The maximum absolute atomic E-state index is 3.64. The highest BCUT2D eigenvalue weighted by Crippen LogP contribution is 2.55. The molecule has 0 radical (unpaired) electrons. The summed E-state index contributed by atoms with van der Waals surface area (Å²) >= 11 is 24.9. The Morgan fingerprint density at radius 1 is 0.161 bits per heavy atom. The molecule has 0 aromatic heterocycles. The first kappa shape index (κ1) is 87.2. The van der Waals surface area contributed by atoms with Crippen LogP contribution in [0.3, 0.4) is 0 Å². The summed E-state index contributed by atoms with van der Waals surface area (Å²) in [6.07, 6.45) is 0. The zero-order chi connectivity index (χ0) is 86.3. The molecule has 0 bridgehead atoms. The van der Waals surface area contributed by atoms with Crippen LogP contribution in [0.1, 0.15) is 99.9 Å². The van der Waals surface area contributed by atoms with Crippen molar-refractivity contribution in [2.75, 3.05) is 0 Å². The van der Waals surface area contributed by atoms with E-state index in [1.54, 1.807) is 0 Å². The second-order valence-electron chi connectivity index (χ2n) is 34.2. The van der Waals surface area contributed by atoms with Gasteiger partial charge in [0.25, 0.3) is 0 Å². The maximum atomic E-state index is 3.64. The minimum absolute atomic E-state index is 0.00897. The Kier molecular flexibility index (Phi) is 25.9. The highest BCUT2D eigenvalue weighted by molar-refractivity contribution is 14.1. The first-order chi connectivity index (χ1) is 59.7. The Morgan fingerprint density at radius 2 is 0.419 bits per heavy atom. The van der Waals surface area contributed by atoms with Crippen molar-refractivity contribution < 1.29 is 0 Å². The Bertz CT molecular complexity index is 6940. The molecule has 8 heteroatoms. The summed E-state index contributed by atoms with van der Waals surface area (Å²) < 4.78 is 9.55. The molecule has 0 amide bonds. The van der Waals surface area contributed by atoms with Crippen LogP contribution in [0.15, 0.2) is 411 Å². The van der Waals surface area contributed by atoms with Crippen LogP contribution >= 0.6 is 147 Å². The Balaban J connectivity index is 0.000000107. The van der Waals surface area contributed by atoms with E-state index in [9.17, 15) is 0 Å². The highest BCUT2D eigenvalue weighted by Gasteiger charge is 2.40. The molecule has 0 saturated carbocycles. The van der Waals surface area contributed by atoms with Crippen LogP contribution in [0.25, 0.3) is 133 Å². The summed E-state index contributed by atoms with van der Waals surface area (Å²) in [5, 5.41) is 5.18. The fourth-order valence-electron chi connectivity index (χ4n) is 18.3. The largest absolute Gasteiger partial charge is 0.0622 e. The number of hydrogen-bond donors (Lipinski definition) is 0. The molecular weight excluding hydrogens is 2170 g/mol. The van der Waals surface area contributed by atoms with Crippen molar-refractivity contribution in [2.24, 2.45) is 0 Å². The number of fused-ring (bicyclic) bond motifs is 14. The second kappa shape index (κ2) is 36.8. The van der Waals surface area contributed by atoms with Gasteiger partial charge in [0.1, 0.15) is 0 Å². The van der Waals surface area contributed by atoms with Crippen LogP contribution in [0.5, 0.6) is 0 Å². The van der Waals surface area contributed by atoms with E-state index in [0.717, 1.165) is 22.4 Å². The molecule has 0 atom stereocenters. The average Bonchev–Trinajstić information content (AvgIpc) is 1.59. The second-order valence-corrected chi connectivity index (χ2v) is 42.5. The third-order valence-electron chi connectivity index (χ3n) is 25.0. The number of benzene rings is 18. The van der Waals surface area contributed by atoms with Crippen LogP contribution in [0.4, 0.5) is 0 Å². The molecule has 4 aliphatic rings. The first-order valence-electron chi connectivity index (χ1n) is 41.7. The van der Waals surface area contributed by atoms with Gasteiger partial charge in [0.2, 0.25) is 0 Å². The molecule has 22 rings (SSSR count). The monoisotopic (exact) mass is 2260 g/mol. The quantitative estimate of drug-likeness (QED) is 0.146. The van der Waals surface area contributed by atoms with Crippen LogP contribution in [-0.2, 0) is 21.7 Å². The molecule has 0 fully saturated rings. The molecular formula is C116H88Br5I3. The molecule has 608 valence electrons. The normalized spacial score (nSPS) is 13.4. The van der Waals surface area contributed by atoms with Gasteiger partial charge in [-0.3, -0.25) is 0 Å². The maximum Gasteiger partial charge on any atom is 0.0178 e. The number of halogens is 8. The van der Waals surface area contributed by atoms with Gasteiger partial charge in [-0.15, -0.1) is 0 Å². The van der Waals surface area contributed by atoms with Crippen LogP contribution < -0.4 is 0 Å². The zero-order valence-electron chi connectivity index (χ0n) is 70.0. The van der Waals surface area contributed by atoms with Crippen molar-refractivity contribution in [3.05, 3.63) is 466 Å². The lowest BCUT2D eigenvalue weighted by Crippen LogP contribution is -2.15. The highest BCUT2D eigenvalue weighted by atomic mass is 127. The smallest absolute Gasteiger partial charge is 0.0178 e. The van der Waals surface area contributed by atoms with E-state index in [1.165, 1.54) is 188 Å². The van der Waals surface area contributed by atoms with Gasteiger partial charge < -0.3 is 0 Å². The summed E-state index contributed by atoms with van der Waals surface area (Å²) in [5.41, 5.74) is 37.7. The topological polar surface area (TPSA) is 0 Å². The predicted molar refractivity (Wildman–Crippen MR) is 573 cm³/mol. The van der Waals surface area contributed by atoms with E-state index in [-0.39, 0.29) is 21.7 Å². The molecule has 4 aliphatic carbocycles. The van der Waals surface area contributed by atoms with Crippen LogP contribution in [0, 0.1) is 10.7 Å². The van der Waals surface area contributed by atoms with E-state index >= 15 is 0 Å². The van der Waals surface area contributed by atoms with Crippen molar-refractivity contribution in [1.29, 1.82) is 0 Å². The Labute approximate surface area is 813 Å². The van der Waals surface area contributed by atoms with Crippen LogP contribution in [-0.4, -0.2) is 0 Å². The van der Waals surface area contributed by atoms with Gasteiger partial charge in [-0.1, -0.05) is 396 Å². The first-order valence-corrected chi connectivity index (χ1v) is 48.9. The molecule has 0 nitrogen and oxygen atoms in total. The van der Waals surface area contributed by atoms with E-state index in [4.69, 9.17) is 0 Å². The fraction of sp³-hybridized carbons (Fsp3) is 0.103. The lowest BCUT2D eigenvalue weighted by Gasteiger charge is -2.22. The van der Waals surface area contributed by atoms with Gasteiger partial charge in [0.05, 0.1) is 0 Å². The van der Waals surface area contributed by atoms with Gasteiger partial charge in [0, 0.05) is 54.7 Å².